The quantitative estimate of drug-likeness (QED) is 0.204. The molecule has 0 saturated heterocycles. The van der Waals surface area contributed by atoms with Crippen LogP contribution in [-0.4, -0.2) is 19.4 Å². The SMILES string of the molecule is C1=NCCN1.NC=C(N)N.NC=C(N)N.NC=C(N)N. The number of nitrogens with zero attached hydrogens (tertiary/aromatic N) is 1. The van der Waals surface area contributed by atoms with E-state index in [0.717, 1.165) is 31.7 Å². The molecule has 0 aromatic heterocycles. The first-order valence-electron chi connectivity index (χ1n) is 5.31. The Balaban J connectivity index is -0.000000193. The average Bonchev–Trinajstić information content (AvgIpc) is 2.99. The van der Waals surface area contributed by atoms with E-state index < -0.39 is 0 Å². The first-order chi connectivity index (χ1) is 9.31. The molecule has 0 bridgehead atoms. The molecule has 11 nitrogen and oxygen atoms in total. The van der Waals surface area contributed by atoms with Crippen LogP contribution >= 0.6 is 0 Å². The number of nitrogens with two attached hydrogens (primary N) is 9. The number of hydrogen-bond donors (Lipinski definition) is 10. The van der Waals surface area contributed by atoms with Crippen molar-refractivity contribution in [3.8, 4) is 0 Å². The molecule has 0 aromatic carbocycles. The van der Waals surface area contributed by atoms with Gasteiger partial charge >= 0.3 is 0 Å². The Labute approximate surface area is 118 Å². The molecular formula is C9H27N11. The third kappa shape index (κ3) is 46.1. The summed E-state index contributed by atoms with van der Waals surface area (Å²) >= 11 is 0. The van der Waals surface area contributed by atoms with Gasteiger partial charge < -0.3 is 56.9 Å². The fourth-order valence-corrected chi connectivity index (χ4v) is 0.323. The highest BCUT2D eigenvalue weighted by atomic mass is 15.0. The number of hydrogen-bond acceptors (Lipinski definition) is 11. The lowest BCUT2D eigenvalue weighted by Crippen LogP contribution is -2.09. The molecule has 0 unspecified atom stereocenters. The Morgan fingerprint density at radius 3 is 1.15 bits per heavy atom. The van der Waals surface area contributed by atoms with Crippen molar-refractivity contribution in [1.29, 1.82) is 0 Å². The van der Waals surface area contributed by atoms with Gasteiger partial charge in [0.1, 0.15) is 17.5 Å². The monoisotopic (exact) mass is 289 g/mol. The standard InChI is InChI=1S/C3H6N2.3C2H7N3/c1-2-5-3-4-1;3*3-1-2(4)5/h3H,1-2H2,(H,4,5);3*1H,3-5H2. The van der Waals surface area contributed by atoms with Gasteiger partial charge in [0.05, 0.1) is 12.9 Å². The number of nitrogens with one attached hydrogen (secondary N) is 1. The normalized spacial score (nSPS) is 9.60. The molecule has 11 heteroatoms. The molecule has 19 N–H and O–H groups in total. The second-order valence-electron chi connectivity index (χ2n) is 2.99. The minimum Gasteiger partial charge on any atom is -0.402 e. The first-order valence-corrected chi connectivity index (χ1v) is 5.31. The molecule has 0 saturated carbocycles. The van der Waals surface area contributed by atoms with Crippen LogP contribution in [0.5, 0.6) is 0 Å². The maximum Gasteiger partial charge on any atom is 0.109 e. The van der Waals surface area contributed by atoms with Crippen molar-refractivity contribution in [2.24, 2.45) is 56.6 Å². The van der Waals surface area contributed by atoms with E-state index in [4.69, 9.17) is 51.6 Å². The summed E-state index contributed by atoms with van der Waals surface area (Å²) in [7, 11) is 0. The summed E-state index contributed by atoms with van der Waals surface area (Å²) in [5.41, 5.74) is 43.1. The molecular weight excluding hydrogens is 262 g/mol. The molecule has 20 heavy (non-hydrogen) atoms. The van der Waals surface area contributed by atoms with Crippen molar-refractivity contribution in [2.45, 2.75) is 0 Å². The van der Waals surface area contributed by atoms with Crippen LogP contribution in [0.15, 0.2) is 41.1 Å². The third-order valence-electron chi connectivity index (χ3n) is 1.15. The first kappa shape index (κ1) is 22.1. The summed E-state index contributed by atoms with van der Waals surface area (Å²) < 4.78 is 0. The van der Waals surface area contributed by atoms with E-state index in [1.807, 2.05) is 0 Å². The minimum absolute atomic E-state index is 0.157. The Bertz CT molecular complexity index is 262. The van der Waals surface area contributed by atoms with Crippen LogP contribution in [0.2, 0.25) is 0 Å². The van der Waals surface area contributed by atoms with Gasteiger partial charge in [-0.2, -0.15) is 0 Å². The van der Waals surface area contributed by atoms with E-state index in [9.17, 15) is 0 Å². The highest BCUT2D eigenvalue weighted by molar-refractivity contribution is 5.56. The van der Waals surface area contributed by atoms with E-state index in [1.165, 1.54) is 0 Å². The second-order valence-corrected chi connectivity index (χ2v) is 2.99. The van der Waals surface area contributed by atoms with Crippen LogP contribution in [0.3, 0.4) is 0 Å². The molecule has 0 amide bonds. The predicted octanol–water partition coefficient (Wildman–Crippen LogP) is -4.40. The molecule has 0 radical (unpaired) electrons. The summed E-state index contributed by atoms with van der Waals surface area (Å²) in [5, 5.41) is 2.93. The zero-order valence-electron chi connectivity index (χ0n) is 11.4. The van der Waals surface area contributed by atoms with Gasteiger partial charge in [-0.25, -0.2) is 0 Å². The van der Waals surface area contributed by atoms with Crippen LogP contribution in [0.25, 0.3) is 0 Å². The summed E-state index contributed by atoms with van der Waals surface area (Å²) in [4.78, 5) is 3.85. The van der Waals surface area contributed by atoms with E-state index >= 15 is 0 Å². The Hall–Kier alpha value is -3.11. The summed E-state index contributed by atoms with van der Waals surface area (Å²) in [6, 6.07) is 0. The molecule has 1 rings (SSSR count). The molecule has 1 aliphatic rings. The zero-order valence-corrected chi connectivity index (χ0v) is 11.4. The summed E-state index contributed by atoms with van der Waals surface area (Å²) in [5.74, 6) is 0.472. The second kappa shape index (κ2) is 18.3. The highest BCUT2D eigenvalue weighted by Gasteiger charge is 1.82. The highest BCUT2D eigenvalue weighted by Crippen LogP contribution is 1.68. The van der Waals surface area contributed by atoms with Gasteiger partial charge in [-0.3, -0.25) is 4.99 Å². The maximum absolute atomic E-state index is 4.81. The fourth-order valence-electron chi connectivity index (χ4n) is 0.323. The fraction of sp³-hybridized carbons (Fsp3) is 0.222. The van der Waals surface area contributed by atoms with Gasteiger partial charge in [0.15, 0.2) is 0 Å². The van der Waals surface area contributed by atoms with Gasteiger partial charge in [-0.15, -0.1) is 0 Å². The summed E-state index contributed by atoms with van der Waals surface area (Å²) in [6.07, 6.45) is 5.15. The van der Waals surface area contributed by atoms with Crippen LogP contribution in [-0.2, 0) is 0 Å². The molecule has 118 valence electrons. The van der Waals surface area contributed by atoms with Gasteiger partial charge in [0.25, 0.3) is 0 Å². The van der Waals surface area contributed by atoms with Crippen molar-refractivity contribution in [2.75, 3.05) is 13.1 Å². The Kier molecular flexibility index (Phi) is 20.2. The smallest absolute Gasteiger partial charge is 0.109 e. The molecule has 0 fully saturated rings. The third-order valence-corrected chi connectivity index (χ3v) is 1.15. The zero-order chi connectivity index (χ0) is 16.4. The van der Waals surface area contributed by atoms with Gasteiger partial charge in [0.2, 0.25) is 0 Å². The molecule has 0 spiro atoms. The van der Waals surface area contributed by atoms with Crippen LogP contribution in [0.1, 0.15) is 0 Å². The van der Waals surface area contributed by atoms with E-state index in [1.54, 1.807) is 6.34 Å². The lowest BCUT2D eigenvalue weighted by atomic mass is 10.7. The number of rotatable bonds is 0. The lowest BCUT2D eigenvalue weighted by Gasteiger charge is -1.78. The average molecular weight is 289 g/mol. The van der Waals surface area contributed by atoms with Crippen molar-refractivity contribution in [1.82, 2.24) is 5.32 Å². The lowest BCUT2D eigenvalue weighted by molar-refractivity contribution is 0.965. The molecule has 1 aliphatic heterocycles. The molecule has 1 heterocycles. The minimum atomic E-state index is 0.157. The van der Waals surface area contributed by atoms with Gasteiger partial charge in [-0.05, 0) is 0 Å². The molecule has 0 aromatic rings. The number of aliphatic imine (C=N–C) groups is 1. The van der Waals surface area contributed by atoms with Crippen molar-refractivity contribution < 1.29 is 0 Å². The van der Waals surface area contributed by atoms with Crippen molar-refractivity contribution in [3.63, 3.8) is 0 Å². The Morgan fingerprint density at radius 1 is 0.800 bits per heavy atom. The predicted molar refractivity (Wildman–Crippen MR) is 83.3 cm³/mol. The van der Waals surface area contributed by atoms with Crippen LogP contribution in [0, 0.1) is 0 Å². The van der Waals surface area contributed by atoms with E-state index in [2.05, 4.69) is 10.3 Å². The molecule has 0 aliphatic carbocycles. The molecule has 0 atom stereocenters. The van der Waals surface area contributed by atoms with Crippen molar-refractivity contribution >= 4 is 6.34 Å². The topological polar surface area (TPSA) is 259 Å². The van der Waals surface area contributed by atoms with E-state index in [-0.39, 0.29) is 17.5 Å². The Morgan fingerprint density at radius 2 is 1.10 bits per heavy atom. The van der Waals surface area contributed by atoms with Gasteiger partial charge in [0, 0.05) is 25.1 Å². The van der Waals surface area contributed by atoms with Crippen LogP contribution in [0.4, 0.5) is 0 Å². The van der Waals surface area contributed by atoms with Crippen molar-refractivity contribution in [3.05, 3.63) is 36.1 Å². The largest absolute Gasteiger partial charge is 0.402 e. The maximum atomic E-state index is 4.81. The van der Waals surface area contributed by atoms with E-state index in [0.29, 0.717) is 0 Å². The van der Waals surface area contributed by atoms with Crippen LogP contribution < -0.4 is 56.9 Å². The van der Waals surface area contributed by atoms with Gasteiger partial charge in [-0.1, -0.05) is 0 Å². The summed E-state index contributed by atoms with van der Waals surface area (Å²) in [6.45, 7) is 1.99.